The highest BCUT2D eigenvalue weighted by Crippen LogP contribution is 2.29. The Kier molecular flexibility index (Phi) is 5.00. The fraction of sp³-hybridized carbons (Fsp3) is 0.625. The van der Waals surface area contributed by atoms with E-state index >= 15 is 0 Å². The largest absolute Gasteiger partial charge is 0.364 e. The minimum Gasteiger partial charge on any atom is -0.364 e. The molecule has 3 nitrogen and oxygen atoms in total. The van der Waals surface area contributed by atoms with Crippen molar-refractivity contribution >= 4 is 5.69 Å². The lowest BCUT2D eigenvalue weighted by Crippen LogP contribution is -2.51. The van der Waals surface area contributed by atoms with Crippen LogP contribution in [0.5, 0.6) is 0 Å². The van der Waals surface area contributed by atoms with Gasteiger partial charge in [-0.3, -0.25) is 0 Å². The summed E-state index contributed by atoms with van der Waals surface area (Å²) < 4.78 is 14.4. The van der Waals surface area contributed by atoms with E-state index in [2.05, 4.69) is 30.7 Å². The van der Waals surface area contributed by atoms with E-state index in [0.717, 1.165) is 43.7 Å². The van der Waals surface area contributed by atoms with Crippen LogP contribution in [0.15, 0.2) is 18.2 Å². The van der Waals surface area contributed by atoms with Crippen molar-refractivity contribution in [3.63, 3.8) is 0 Å². The molecule has 0 aliphatic carbocycles. The highest BCUT2D eigenvalue weighted by atomic mass is 19.1. The molecule has 1 aromatic rings. The first-order valence-corrected chi connectivity index (χ1v) is 7.51. The Morgan fingerprint density at radius 2 is 2.15 bits per heavy atom. The van der Waals surface area contributed by atoms with Gasteiger partial charge in [-0.05, 0) is 38.4 Å². The van der Waals surface area contributed by atoms with Gasteiger partial charge in [-0.25, -0.2) is 4.39 Å². The lowest BCUT2D eigenvalue weighted by atomic mass is 10.0. The number of hydrogen-bond donors (Lipinski definition) is 1. The normalized spacial score (nSPS) is 22.1. The van der Waals surface area contributed by atoms with Crippen LogP contribution in [-0.2, 0) is 6.42 Å². The zero-order chi connectivity index (χ0) is 14.7. The lowest BCUT2D eigenvalue weighted by molar-refractivity contribution is 0.274. The molecule has 0 radical (unpaired) electrons. The van der Waals surface area contributed by atoms with E-state index in [0.29, 0.717) is 6.04 Å². The zero-order valence-electron chi connectivity index (χ0n) is 12.8. The van der Waals surface area contributed by atoms with E-state index in [4.69, 9.17) is 5.73 Å². The van der Waals surface area contributed by atoms with E-state index in [9.17, 15) is 4.39 Å². The Morgan fingerprint density at radius 1 is 1.40 bits per heavy atom. The summed E-state index contributed by atoms with van der Waals surface area (Å²) >= 11 is 0. The van der Waals surface area contributed by atoms with E-state index in [1.807, 2.05) is 6.07 Å². The third-order valence-electron chi connectivity index (χ3n) is 4.19. The molecule has 1 saturated heterocycles. The van der Waals surface area contributed by atoms with Crippen LogP contribution < -0.4 is 10.6 Å². The lowest BCUT2D eigenvalue weighted by Gasteiger charge is -2.41. The van der Waals surface area contributed by atoms with Gasteiger partial charge in [0, 0.05) is 31.7 Å². The number of rotatable bonds is 4. The first kappa shape index (κ1) is 15.3. The summed E-state index contributed by atoms with van der Waals surface area (Å²) in [6, 6.07) is 5.78. The van der Waals surface area contributed by atoms with Crippen LogP contribution in [0.1, 0.15) is 25.8 Å². The molecular formula is C16H26FN3. The van der Waals surface area contributed by atoms with Gasteiger partial charge in [0.2, 0.25) is 0 Å². The second-order valence-corrected chi connectivity index (χ2v) is 5.92. The van der Waals surface area contributed by atoms with Crippen molar-refractivity contribution in [2.75, 3.05) is 31.6 Å². The maximum absolute atomic E-state index is 14.4. The van der Waals surface area contributed by atoms with Crippen molar-refractivity contribution in [3.05, 3.63) is 29.6 Å². The van der Waals surface area contributed by atoms with Gasteiger partial charge in [-0.2, -0.15) is 0 Å². The standard InChI is InChI=1S/C16H26FN3/c1-4-14(18)10-13-6-5-7-15(17)16(13)20-9-8-19(3)11-12(20)2/h5-7,12,14H,4,8-11,18H2,1-3H3. The molecular weight excluding hydrogens is 253 g/mol. The Balaban J connectivity index is 2.29. The maximum atomic E-state index is 14.4. The molecule has 0 bridgehead atoms. The van der Waals surface area contributed by atoms with Gasteiger partial charge in [0.1, 0.15) is 5.82 Å². The summed E-state index contributed by atoms with van der Waals surface area (Å²) in [5.41, 5.74) is 7.86. The summed E-state index contributed by atoms with van der Waals surface area (Å²) in [5.74, 6) is -0.123. The van der Waals surface area contributed by atoms with Crippen LogP contribution in [0.2, 0.25) is 0 Å². The Morgan fingerprint density at radius 3 is 2.80 bits per heavy atom. The van der Waals surface area contributed by atoms with Gasteiger partial charge in [-0.15, -0.1) is 0 Å². The molecule has 0 amide bonds. The van der Waals surface area contributed by atoms with Crippen LogP contribution in [0.3, 0.4) is 0 Å². The second kappa shape index (κ2) is 6.55. The quantitative estimate of drug-likeness (QED) is 0.917. The number of nitrogens with zero attached hydrogens (tertiary/aromatic N) is 2. The van der Waals surface area contributed by atoms with Gasteiger partial charge >= 0.3 is 0 Å². The predicted octanol–water partition coefficient (Wildman–Crippen LogP) is 2.25. The molecule has 0 saturated carbocycles. The van der Waals surface area contributed by atoms with E-state index in [1.165, 1.54) is 0 Å². The highest BCUT2D eigenvalue weighted by molar-refractivity contribution is 5.56. The molecule has 1 aliphatic heterocycles. The summed E-state index contributed by atoms with van der Waals surface area (Å²) in [5, 5.41) is 0. The molecule has 2 N–H and O–H groups in total. The van der Waals surface area contributed by atoms with Gasteiger partial charge in [-0.1, -0.05) is 19.1 Å². The Labute approximate surface area is 121 Å². The third-order valence-corrected chi connectivity index (χ3v) is 4.19. The van der Waals surface area contributed by atoms with Crippen LogP contribution in [-0.4, -0.2) is 43.7 Å². The van der Waals surface area contributed by atoms with Crippen molar-refractivity contribution in [2.24, 2.45) is 5.73 Å². The van der Waals surface area contributed by atoms with Crippen LogP contribution in [0.4, 0.5) is 10.1 Å². The summed E-state index contributed by atoms with van der Waals surface area (Å²) in [6.45, 7) is 7.03. The molecule has 0 aromatic heterocycles. The Bertz CT molecular complexity index is 449. The summed E-state index contributed by atoms with van der Waals surface area (Å²) in [6.07, 6.45) is 1.65. The van der Waals surface area contributed by atoms with E-state index in [-0.39, 0.29) is 11.9 Å². The summed E-state index contributed by atoms with van der Waals surface area (Å²) in [4.78, 5) is 4.49. The number of benzene rings is 1. The number of hydrogen-bond acceptors (Lipinski definition) is 3. The van der Waals surface area contributed by atoms with Crippen molar-refractivity contribution in [1.29, 1.82) is 0 Å². The van der Waals surface area contributed by atoms with E-state index < -0.39 is 0 Å². The van der Waals surface area contributed by atoms with Crippen molar-refractivity contribution < 1.29 is 4.39 Å². The number of anilines is 1. The van der Waals surface area contributed by atoms with Crippen molar-refractivity contribution in [2.45, 2.75) is 38.8 Å². The molecule has 0 spiro atoms. The average Bonchev–Trinajstić information content (AvgIpc) is 2.40. The molecule has 1 heterocycles. The minimum atomic E-state index is -0.123. The van der Waals surface area contributed by atoms with Crippen LogP contribution >= 0.6 is 0 Å². The molecule has 112 valence electrons. The topological polar surface area (TPSA) is 32.5 Å². The van der Waals surface area contributed by atoms with Gasteiger partial charge in [0.25, 0.3) is 0 Å². The van der Waals surface area contributed by atoms with Crippen LogP contribution in [0.25, 0.3) is 0 Å². The van der Waals surface area contributed by atoms with Crippen LogP contribution in [0, 0.1) is 5.82 Å². The number of halogens is 1. The first-order chi connectivity index (χ1) is 9.52. The fourth-order valence-electron chi connectivity index (χ4n) is 2.95. The summed E-state index contributed by atoms with van der Waals surface area (Å²) in [7, 11) is 2.11. The van der Waals surface area contributed by atoms with E-state index in [1.54, 1.807) is 12.1 Å². The predicted molar refractivity (Wildman–Crippen MR) is 82.7 cm³/mol. The number of likely N-dealkylation sites (N-methyl/N-ethyl adjacent to an activating group) is 1. The molecule has 2 rings (SSSR count). The fourth-order valence-corrected chi connectivity index (χ4v) is 2.95. The van der Waals surface area contributed by atoms with Gasteiger partial charge < -0.3 is 15.5 Å². The number of para-hydroxylation sites is 1. The molecule has 1 aliphatic rings. The number of nitrogens with two attached hydrogens (primary N) is 1. The molecule has 2 atom stereocenters. The molecule has 4 heteroatoms. The molecule has 1 fully saturated rings. The smallest absolute Gasteiger partial charge is 0.146 e. The monoisotopic (exact) mass is 279 g/mol. The van der Waals surface area contributed by atoms with Crippen molar-refractivity contribution in [1.82, 2.24) is 4.90 Å². The maximum Gasteiger partial charge on any atom is 0.146 e. The molecule has 2 unspecified atom stereocenters. The van der Waals surface area contributed by atoms with Gasteiger partial charge in [0.05, 0.1) is 5.69 Å². The van der Waals surface area contributed by atoms with Crippen molar-refractivity contribution in [3.8, 4) is 0 Å². The first-order valence-electron chi connectivity index (χ1n) is 7.51. The zero-order valence-corrected chi connectivity index (χ0v) is 12.8. The SMILES string of the molecule is CCC(N)Cc1cccc(F)c1N1CCN(C)CC1C. The third kappa shape index (κ3) is 3.30. The molecule has 1 aromatic carbocycles. The second-order valence-electron chi connectivity index (χ2n) is 5.92. The number of piperazine rings is 1. The minimum absolute atomic E-state index is 0.0957. The highest BCUT2D eigenvalue weighted by Gasteiger charge is 2.26. The molecule has 20 heavy (non-hydrogen) atoms. The van der Waals surface area contributed by atoms with Gasteiger partial charge in [0.15, 0.2) is 0 Å². The average molecular weight is 279 g/mol. The Hall–Kier alpha value is -1.13.